The van der Waals surface area contributed by atoms with Crippen molar-refractivity contribution in [1.82, 2.24) is 0 Å². The van der Waals surface area contributed by atoms with E-state index >= 15 is 0 Å². The van der Waals surface area contributed by atoms with Gasteiger partial charge in [-0.2, -0.15) is 21.6 Å². The molecule has 1 aliphatic heterocycles. The summed E-state index contributed by atoms with van der Waals surface area (Å²) in [4.78, 5) is 0. The standard InChI is InChI=1S/C18H25F3O5SSi/c1-16(2,3)28(5,6)24-12-17(4)11-15(26-27(22,23)18(19,20)21)13-9-7-8-10-14(13)25-17/h7-11H,12H2,1-6H3. The molecule has 0 saturated heterocycles. The fourth-order valence-electron chi connectivity index (χ4n) is 2.24. The lowest BCUT2D eigenvalue weighted by Crippen LogP contribution is -2.47. The minimum Gasteiger partial charge on any atom is -0.480 e. The van der Waals surface area contributed by atoms with Gasteiger partial charge in [0.25, 0.3) is 0 Å². The molecule has 2 rings (SSSR count). The van der Waals surface area contributed by atoms with E-state index in [-0.39, 0.29) is 23.0 Å². The number of rotatable bonds is 5. The Kier molecular flexibility index (Phi) is 5.74. The van der Waals surface area contributed by atoms with Crippen molar-refractivity contribution in [1.29, 1.82) is 0 Å². The quantitative estimate of drug-likeness (QED) is 0.365. The molecule has 0 aliphatic carbocycles. The van der Waals surface area contributed by atoms with Crippen LogP contribution in [-0.2, 0) is 18.7 Å². The highest BCUT2D eigenvalue weighted by Crippen LogP contribution is 2.41. The van der Waals surface area contributed by atoms with Crippen LogP contribution in [0, 0.1) is 0 Å². The molecule has 0 spiro atoms. The summed E-state index contributed by atoms with van der Waals surface area (Å²) in [6.07, 6.45) is 1.23. The van der Waals surface area contributed by atoms with E-state index < -0.39 is 35.3 Å². The summed E-state index contributed by atoms with van der Waals surface area (Å²) in [6, 6.07) is 6.15. The Morgan fingerprint density at radius 3 is 2.25 bits per heavy atom. The van der Waals surface area contributed by atoms with Gasteiger partial charge in [0.2, 0.25) is 0 Å². The van der Waals surface area contributed by atoms with Gasteiger partial charge in [0, 0.05) is 6.08 Å². The van der Waals surface area contributed by atoms with Gasteiger partial charge in [-0.05, 0) is 37.2 Å². The van der Waals surface area contributed by atoms with Gasteiger partial charge in [0.05, 0.1) is 12.2 Å². The monoisotopic (exact) mass is 438 g/mol. The third kappa shape index (κ3) is 4.72. The van der Waals surface area contributed by atoms with Crippen LogP contribution in [0.5, 0.6) is 5.75 Å². The lowest BCUT2D eigenvalue weighted by atomic mass is 10.00. The van der Waals surface area contributed by atoms with Crippen molar-refractivity contribution in [2.75, 3.05) is 6.61 Å². The molecule has 1 unspecified atom stereocenters. The van der Waals surface area contributed by atoms with Crippen molar-refractivity contribution in [3.63, 3.8) is 0 Å². The normalized spacial score (nSPS) is 20.8. The van der Waals surface area contributed by atoms with Crippen LogP contribution in [0.4, 0.5) is 13.2 Å². The Balaban J connectivity index is 2.40. The summed E-state index contributed by atoms with van der Waals surface area (Å²) in [6.45, 7) is 11.9. The number of hydrogen-bond donors (Lipinski definition) is 0. The van der Waals surface area contributed by atoms with E-state index in [1.807, 2.05) is 13.1 Å². The first kappa shape index (κ1) is 22.8. The van der Waals surface area contributed by atoms with Crippen molar-refractivity contribution in [3.8, 4) is 5.75 Å². The van der Waals surface area contributed by atoms with Gasteiger partial charge >= 0.3 is 15.6 Å². The molecule has 0 bridgehead atoms. The lowest BCUT2D eigenvalue weighted by Gasteiger charge is -2.40. The number of fused-ring (bicyclic) bond motifs is 1. The van der Waals surface area contributed by atoms with Crippen molar-refractivity contribution in [2.45, 2.75) is 56.9 Å². The van der Waals surface area contributed by atoms with Crippen molar-refractivity contribution < 1.29 is 34.9 Å². The second-order valence-corrected chi connectivity index (χ2v) is 14.8. The Hall–Kier alpha value is -1.52. The maximum absolute atomic E-state index is 12.8. The zero-order valence-corrected chi connectivity index (χ0v) is 18.5. The second kappa shape index (κ2) is 7.07. The van der Waals surface area contributed by atoms with Gasteiger partial charge in [-0.3, -0.25) is 0 Å². The zero-order valence-electron chi connectivity index (χ0n) is 16.7. The molecule has 0 fully saturated rings. The molecule has 28 heavy (non-hydrogen) atoms. The van der Waals surface area contributed by atoms with Crippen LogP contribution in [0.3, 0.4) is 0 Å². The summed E-state index contributed by atoms with van der Waals surface area (Å²) < 4.78 is 78.0. The van der Waals surface area contributed by atoms with Crippen molar-refractivity contribution in [3.05, 3.63) is 35.9 Å². The number of alkyl halides is 3. The predicted molar refractivity (Wildman–Crippen MR) is 103 cm³/mol. The third-order valence-corrected chi connectivity index (χ3v) is 10.4. The number of para-hydroxylation sites is 1. The Morgan fingerprint density at radius 1 is 1.14 bits per heavy atom. The van der Waals surface area contributed by atoms with E-state index in [9.17, 15) is 21.6 Å². The minimum atomic E-state index is -5.81. The molecule has 1 atom stereocenters. The van der Waals surface area contributed by atoms with Gasteiger partial charge in [-0.25, -0.2) is 0 Å². The minimum absolute atomic E-state index is 0.0384. The topological polar surface area (TPSA) is 61.8 Å². The molecule has 158 valence electrons. The summed E-state index contributed by atoms with van der Waals surface area (Å²) in [5.74, 6) is -0.209. The third-order valence-electron chi connectivity index (χ3n) is 4.94. The van der Waals surface area contributed by atoms with Gasteiger partial charge in [0.15, 0.2) is 19.7 Å². The molecule has 0 aromatic heterocycles. The van der Waals surface area contributed by atoms with Crippen molar-refractivity contribution in [2.24, 2.45) is 0 Å². The molecule has 0 amide bonds. The van der Waals surface area contributed by atoms with Crippen LogP contribution in [0.15, 0.2) is 30.3 Å². The summed E-state index contributed by atoms with van der Waals surface area (Å²) in [7, 11) is -7.99. The summed E-state index contributed by atoms with van der Waals surface area (Å²) in [5, 5.41) is -0.0847. The van der Waals surface area contributed by atoms with E-state index in [4.69, 9.17) is 9.16 Å². The molecule has 1 heterocycles. The molecule has 0 radical (unpaired) electrons. The Morgan fingerprint density at radius 2 is 1.71 bits per heavy atom. The van der Waals surface area contributed by atoms with E-state index in [1.165, 1.54) is 18.2 Å². The molecular formula is C18H25F3O5SSi. The zero-order chi connectivity index (χ0) is 21.6. The fraction of sp³-hybridized carbons (Fsp3) is 0.556. The largest absolute Gasteiger partial charge is 0.534 e. The molecule has 10 heteroatoms. The Bertz CT molecular complexity index is 872. The van der Waals surface area contributed by atoms with Crippen LogP contribution in [0.25, 0.3) is 5.76 Å². The van der Waals surface area contributed by atoms with Crippen LogP contribution < -0.4 is 4.74 Å². The smallest absolute Gasteiger partial charge is 0.480 e. The second-order valence-electron chi connectivity index (χ2n) is 8.45. The molecule has 1 aromatic rings. The fourth-order valence-corrected chi connectivity index (χ4v) is 3.79. The maximum atomic E-state index is 12.8. The highest BCUT2D eigenvalue weighted by Gasteiger charge is 2.50. The first-order valence-corrected chi connectivity index (χ1v) is 13.0. The molecule has 0 saturated carbocycles. The van der Waals surface area contributed by atoms with Gasteiger partial charge in [0.1, 0.15) is 5.75 Å². The molecule has 5 nitrogen and oxygen atoms in total. The highest BCUT2D eigenvalue weighted by molar-refractivity contribution is 7.87. The first-order chi connectivity index (χ1) is 12.5. The lowest BCUT2D eigenvalue weighted by molar-refractivity contribution is -0.0511. The number of benzene rings is 1. The SMILES string of the molecule is CC1(CO[Si](C)(C)C(C)(C)C)C=C(OS(=O)(=O)C(F)(F)F)c2ccccc2O1. The van der Waals surface area contributed by atoms with E-state index in [0.717, 1.165) is 0 Å². The Labute approximate surface area is 164 Å². The van der Waals surface area contributed by atoms with Crippen LogP contribution in [0.2, 0.25) is 18.1 Å². The predicted octanol–water partition coefficient (Wildman–Crippen LogP) is 5.07. The molecule has 1 aromatic carbocycles. The van der Waals surface area contributed by atoms with Gasteiger partial charge in [-0.1, -0.05) is 32.9 Å². The highest BCUT2D eigenvalue weighted by atomic mass is 32.2. The number of hydrogen-bond acceptors (Lipinski definition) is 5. The van der Waals surface area contributed by atoms with E-state index in [1.54, 1.807) is 19.1 Å². The summed E-state index contributed by atoms with van der Waals surface area (Å²) in [5.41, 5.74) is -6.60. The average molecular weight is 439 g/mol. The van der Waals surface area contributed by atoms with Gasteiger partial charge in [-0.15, -0.1) is 0 Å². The van der Waals surface area contributed by atoms with Gasteiger partial charge < -0.3 is 13.3 Å². The number of ether oxygens (including phenoxy) is 1. The van der Waals surface area contributed by atoms with E-state index in [2.05, 4.69) is 25.0 Å². The molecule has 0 N–H and O–H groups in total. The molecule has 1 aliphatic rings. The average Bonchev–Trinajstić information content (AvgIpc) is 2.50. The maximum Gasteiger partial charge on any atom is 0.534 e. The van der Waals surface area contributed by atoms with E-state index in [0.29, 0.717) is 0 Å². The van der Waals surface area contributed by atoms with Crippen LogP contribution in [0.1, 0.15) is 33.3 Å². The summed E-state index contributed by atoms with van der Waals surface area (Å²) >= 11 is 0. The van der Waals surface area contributed by atoms with Crippen LogP contribution in [-0.4, -0.2) is 34.5 Å². The first-order valence-electron chi connectivity index (χ1n) is 8.63. The van der Waals surface area contributed by atoms with Crippen molar-refractivity contribution >= 4 is 24.2 Å². The molecular weight excluding hydrogens is 413 g/mol. The van der Waals surface area contributed by atoms with Crippen LogP contribution >= 0.6 is 0 Å². The number of halogens is 3.